The predicted octanol–water partition coefficient (Wildman–Crippen LogP) is 2.67. The minimum absolute atomic E-state index is 0.0533. The Morgan fingerprint density at radius 3 is 2.91 bits per heavy atom. The molecular formula is C18H28N4O. The number of piperidine rings is 1. The van der Waals surface area contributed by atoms with Gasteiger partial charge in [0.2, 0.25) is 0 Å². The molecule has 1 fully saturated rings. The summed E-state index contributed by atoms with van der Waals surface area (Å²) < 4.78 is 0. The molecule has 1 unspecified atom stereocenters. The Morgan fingerprint density at radius 2 is 2.26 bits per heavy atom. The summed E-state index contributed by atoms with van der Waals surface area (Å²) in [4.78, 5) is 18.8. The Morgan fingerprint density at radius 1 is 1.43 bits per heavy atom. The van der Waals surface area contributed by atoms with Gasteiger partial charge in [0, 0.05) is 25.3 Å². The Bertz CT molecular complexity index is 526. The van der Waals surface area contributed by atoms with Crippen molar-refractivity contribution in [1.29, 1.82) is 0 Å². The number of nitrogens with zero attached hydrogens (tertiary/aromatic N) is 2. The molecule has 2 rings (SSSR count). The van der Waals surface area contributed by atoms with Crippen LogP contribution in [0.5, 0.6) is 0 Å². The molecule has 0 saturated carbocycles. The Hall–Kier alpha value is -1.88. The van der Waals surface area contributed by atoms with E-state index in [2.05, 4.69) is 34.1 Å². The van der Waals surface area contributed by atoms with Crippen LogP contribution in [0.15, 0.2) is 30.5 Å². The van der Waals surface area contributed by atoms with Crippen molar-refractivity contribution in [2.75, 3.05) is 32.0 Å². The molecule has 1 aliphatic rings. The van der Waals surface area contributed by atoms with Crippen molar-refractivity contribution >= 4 is 11.7 Å². The van der Waals surface area contributed by atoms with Crippen LogP contribution >= 0.6 is 0 Å². The van der Waals surface area contributed by atoms with Crippen molar-refractivity contribution in [2.24, 2.45) is 0 Å². The highest BCUT2D eigenvalue weighted by atomic mass is 16.1. The van der Waals surface area contributed by atoms with Crippen LogP contribution in [0.4, 0.5) is 5.82 Å². The minimum atomic E-state index is -0.0533. The van der Waals surface area contributed by atoms with Gasteiger partial charge in [-0.2, -0.15) is 0 Å². The molecule has 1 aromatic rings. The quantitative estimate of drug-likeness (QED) is 0.759. The number of nitrogens with one attached hydrogen (secondary N) is 2. The number of amides is 1. The van der Waals surface area contributed by atoms with Crippen LogP contribution in [-0.2, 0) is 0 Å². The average molecular weight is 316 g/mol. The SMILES string of the molecule is C=C(C)CNc1ccc(C(=O)NCCC2CCCCN2C)cn1. The molecule has 1 saturated heterocycles. The standard InChI is InChI=1S/C18H28N4O/c1-14(2)12-20-17-8-7-15(13-21-17)18(23)19-10-9-16-6-4-5-11-22(16)3/h7-8,13,16H,1,4-6,9-12H2,2-3H3,(H,19,23)(H,20,21). The van der Waals surface area contributed by atoms with Gasteiger partial charge in [0.25, 0.3) is 5.91 Å². The molecule has 0 aliphatic carbocycles. The molecular weight excluding hydrogens is 288 g/mol. The van der Waals surface area contributed by atoms with E-state index >= 15 is 0 Å². The zero-order valence-corrected chi connectivity index (χ0v) is 14.3. The van der Waals surface area contributed by atoms with Crippen molar-refractivity contribution in [3.63, 3.8) is 0 Å². The van der Waals surface area contributed by atoms with E-state index < -0.39 is 0 Å². The van der Waals surface area contributed by atoms with Crippen molar-refractivity contribution in [1.82, 2.24) is 15.2 Å². The first-order valence-corrected chi connectivity index (χ1v) is 8.39. The van der Waals surface area contributed by atoms with Crippen molar-refractivity contribution < 1.29 is 4.79 Å². The highest BCUT2D eigenvalue weighted by molar-refractivity contribution is 5.94. The van der Waals surface area contributed by atoms with Gasteiger partial charge in [-0.05, 0) is 51.9 Å². The molecule has 0 aromatic carbocycles. The van der Waals surface area contributed by atoms with Gasteiger partial charge < -0.3 is 15.5 Å². The molecule has 1 aromatic heterocycles. The summed E-state index contributed by atoms with van der Waals surface area (Å²) in [6.07, 6.45) is 6.44. The fourth-order valence-electron chi connectivity index (χ4n) is 2.84. The zero-order valence-electron chi connectivity index (χ0n) is 14.3. The average Bonchev–Trinajstić information content (AvgIpc) is 2.55. The molecule has 2 heterocycles. The second kappa shape index (κ2) is 8.67. The van der Waals surface area contributed by atoms with Gasteiger partial charge in [0.05, 0.1) is 5.56 Å². The molecule has 2 N–H and O–H groups in total. The maximum atomic E-state index is 12.1. The first-order valence-electron chi connectivity index (χ1n) is 8.39. The first-order chi connectivity index (χ1) is 11.1. The van der Waals surface area contributed by atoms with Crippen LogP contribution in [0.2, 0.25) is 0 Å². The number of aromatic nitrogens is 1. The summed E-state index contributed by atoms with van der Waals surface area (Å²) in [6.45, 7) is 8.36. The fourth-order valence-corrected chi connectivity index (χ4v) is 2.84. The third kappa shape index (κ3) is 5.67. The maximum Gasteiger partial charge on any atom is 0.252 e. The van der Waals surface area contributed by atoms with E-state index in [1.54, 1.807) is 12.3 Å². The largest absolute Gasteiger partial charge is 0.366 e. The molecule has 1 amide bonds. The van der Waals surface area contributed by atoms with Crippen molar-refractivity contribution in [3.8, 4) is 0 Å². The monoisotopic (exact) mass is 316 g/mol. The zero-order chi connectivity index (χ0) is 16.7. The Labute approximate surface area is 139 Å². The number of hydrogen-bond acceptors (Lipinski definition) is 4. The second-order valence-corrected chi connectivity index (χ2v) is 6.42. The van der Waals surface area contributed by atoms with Crippen LogP contribution in [0.3, 0.4) is 0 Å². The number of carbonyl (C=O) groups excluding carboxylic acids is 1. The van der Waals surface area contributed by atoms with Gasteiger partial charge in [-0.1, -0.05) is 18.6 Å². The number of likely N-dealkylation sites (tertiary alicyclic amines) is 1. The highest BCUT2D eigenvalue weighted by Gasteiger charge is 2.18. The van der Waals surface area contributed by atoms with Crippen LogP contribution < -0.4 is 10.6 Å². The van der Waals surface area contributed by atoms with E-state index in [1.807, 2.05) is 13.0 Å². The third-order valence-corrected chi connectivity index (χ3v) is 4.28. The Balaban J connectivity index is 1.75. The normalized spacial score (nSPS) is 18.4. The molecule has 1 aliphatic heterocycles. The predicted molar refractivity (Wildman–Crippen MR) is 94.8 cm³/mol. The van der Waals surface area contributed by atoms with E-state index in [0.717, 1.165) is 17.8 Å². The summed E-state index contributed by atoms with van der Waals surface area (Å²) in [7, 11) is 2.17. The topological polar surface area (TPSA) is 57.3 Å². The minimum Gasteiger partial charge on any atom is -0.366 e. The van der Waals surface area contributed by atoms with Crippen LogP contribution in [0.25, 0.3) is 0 Å². The molecule has 23 heavy (non-hydrogen) atoms. The highest BCUT2D eigenvalue weighted by Crippen LogP contribution is 2.17. The fraction of sp³-hybridized carbons (Fsp3) is 0.556. The van der Waals surface area contributed by atoms with E-state index in [-0.39, 0.29) is 5.91 Å². The lowest BCUT2D eigenvalue weighted by molar-refractivity contribution is 0.0945. The van der Waals surface area contributed by atoms with Gasteiger partial charge in [0.1, 0.15) is 5.82 Å². The molecule has 0 radical (unpaired) electrons. The lowest BCUT2D eigenvalue weighted by Crippen LogP contribution is -2.39. The summed E-state index contributed by atoms with van der Waals surface area (Å²) in [5.41, 5.74) is 1.64. The van der Waals surface area contributed by atoms with Crippen molar-refractivity contribution in [3.05, 3.63) is 36.0 Å². The van der Waals surface area contributed by atoms with Crippen LogP contribution in [0.1, 0.15) is 43.0 Å². The van der Waals surface area contributed by atoms with Crippen LogP contribution in [-0.4, -0.2) is 48.5 Å². The lowest BCUT2D eigenvalue weighted by atomic mass is 10.0. The summed E-state index contributed by atoms with van der Waals surface area (Å²) in [5, 5.41) is 6.15. The summed E-state index contributed by atoms with van der Waals surface area (Å²) in [6, 6.07) is 4.22. The summed E-state index contributed by atoms with van der Waals surface area (Å²) in [5.74, 6) is 0.704. The molecule has 5 nitrogen and oxygen atoms in total. The third-order valence-electron chi connectivity index (χ3n) is 4.28. The molecule has 126 valence electrons. The number of carbonyl (C=O) groups is 1. The van der Waals surface area contributed by atoms with Gasteiger partial charge >= 0.3 is 0 Å². The lowest BCUT2D eigenvalue weighted by Gasteiger charge is -2.32. The molecule has 5 heteroatoms. The number of anilines is 1. The smallest absolute Gasteiger partial charge is 0.252 e. The van der Waals surface area contributed by atoms with Gasteiger partial charge in [-0.25, -0.2) is 4.98 Å². The number of hydrogen-bond donors (Lipinski definition) is 2. The maximum absolute atomic E-state index is 12.1. The van der Waals surface area contributed by atoms with E-state index in [0.29, 0.717) is 24.7 Å². The second-order valence-electron chi connectivity index (χ2n) is 6.42. The first kappa shape index (κ1) is 17.5. The molecule has 0 bridgehead atoms. The van der Waals surface area contributed by atoms with Gasteiger partial charge in [0.15, 0.2) is 0 Å². The van der Waals surface area contributed by atoms with Gasteiger partial charge in [-0.15, -0.1) is 0 Å². The Kier molecular flexibility index (Phi) is 6.59. The molecule has 0 spiro atoms. The summed E-state index contributed by atoms with van der Waals surface area (Å²) >= 11 is 0. The van der Waals surface area contributed by atoms with E-state index in [1.165, 1.54) is 25.8 Å². The molecule has 1 atom stereocenters. The van der Waals surface area contributed by atoms with Crippen LogP contribution in [0, 0.1) is 0 Å². The number of rotatable bonds is 7. The number of pyridine rings is 1. The van der Waals surface area contributed by atoms with Gasteiger partial charge in [-0.3, -0.25) is 4.79 Å². The van der Waals surface area contributed by atoms with Crippen molar-refractivity contribution in [2.45, 2.75) is 38.6 Å². The van der Waals surface area contributed by atoms with E-state index in [9.17, 15) is 4.79 Å². The van der Waals surface area contributed by atoms with E-state index in [4.69, 9.17) is 0 Å².